The molecule has 0 saturated heterocycles. The van der Waals surface area contributed by atoms with Crippen LogP contribution in [0.2, 0.25) is 0 Å². The van der Waals surface area contributed by atoms with Crippen LogP contribution < -0.4 is 10.7 Å². The number of carbonyl (C=O) groups is 2. The number of nitrogens with zero attached hydrogens (tertiary/aromatic N) is 1. The second-order valence-electron chi connectivity index (χ2n) is 5.31. The van der Waals surface area contributed by atoms with Crippen LogP contribution in [0.4, 0.5) is 0 Å². The van der Waals surface area contributed by atoms with E-state index in [1.54, 1.807) is 13.1 Å². The number of hydrogen-bond acceptors (Lipinski definition) is 3. The number of amides is 2. The summed E-state index contributed by atoms with van der Waals surface area (Å²) in [5, 5.41) is 6.70. The number of hydrogen-bond donors (Lipinski definition) is 2. The molecular weight excluding hydrogens is 302 g/mol. The van der Waals surface area contributed by atoms with Crippen molar-refractivity contribution in [1.29, 1.82) is 0 Å². The fourth-order valence-corrected chi connectivity index (χ4v) is 2.14. The van der Waals surface area contributed by atoms with E-state index in [0.717, 1.165) is 11.1 Å². The quantitative estimate of drug-likeness (QED) is 0.606. The minimum absolute atomic E-state index is 0.168. The molecule has 2 aromatic carbocycles. The molecule has 0 saturated carbocycles. The van der Waals surface area contributed by atoms with Crippen LogP contribution in [0.1, 0.15) is 24.5 Å². The lowest BCUT2D eigenvalue weighted by Gasteiger charge is -2.16. The van der Waals surface area contributed by atoms with Crippen molar-refractivity contribution in [2.45, 2.75) is 25.8 Å². The second kappa shape index (κ2) is 9.25. The summed E-state index contributed by atoms with van der Waals surface area (Å²) in [4.78, 5) is 24.0. The Morgan fingerprint density at radius 2 is 1.67 bits per heavy atom. The van der Waals surface area contributed by atoms with Crippen LogP contribution in [0.15, 0.2) is 65.8 Å². The highest BCUT2D eigenvalue weighted by molar-refractivity contribution is 5.88. The van der Waals surface area contributed by atoms with Gasteiger partial charge in [-0.2, -0.15) is 5.10 Å². The molecule has 0 aliphatic carbocycles. The number of rotatable bonds is 7. The topological polar surface area (TPSA) is 70.6 Å². The summed E-state index contributed by atoms with van der Waals surface area (Å²) in [6.07, 6.45) is 2.31. The van der Waals surface area contributed by atoms with Crippen molar-refractivity contribution < 1.29 is 9.59 Å². The summed E-state index contributed by atoms with van der Waals surface area (Å²) in [6, 6.07) is 18.4. The lowest BCUT2D eigenvalue weighted by molar-refractivity contribution is -0.128. The van der Waals surface area contributed by atoms with Gasteiger partial charge in [0.2, 0.25) is 5.91 Å². The van der Waals surface area contributed by atoms with Crippen molar-refractivity contribution in [2.24, 2.45) is 5.10 Å². The van der Waals surface area contributed by atoms with Gasteiger partial charge in [0, 0.05) is 12.8 Å². The number of hydrazone groups is 1. The Labute approximate surface area is 141 Å². The zero-order valence-corrected chi connectivity index (χ0v) is 13.6. The molecule has 124 valence electrons. The molecular formula is C19H21N3O2. The third-order valence-electron chi connectivity index (χ3n) is 3.44. The van der Waals surface area contributed by atoms with Crippen molar-refractivity contribution in [3.63, 3.8) is 0 Å². The molecule has 2 aromatic rings. The van der Waals surface area contributed by atoms with Gasteiger partial charge in [-0.25, -0.2) is 5.43 Å². The van der Waals surface area contributed by atoms with E-state index in [-0.39, 0.29) is 11.8 Å². The average molecular weight is 323 g/mol. The van der Waals surface area contributed by atoms with Crippen LogP contribution in [-0.2, 0) is 16.0 Å². The Hall–Kier alpha value is -2.95. The summed E-state index contributed by atoms with van der Waals surface area (Å²) in [7, 11) is 0. The van der Waals surface area contributed by atoms with Crippen molar-refractivity contribution in [3.8, 4) is 0 Å². The van der Waals surface area contributed by atoms with Gasteiger partial charge >= 0.3 is 0 Å². The van der Waals surface area contributed by atoms with Crippen LogP contribution in [0, 0.1) is 0 Å². The molecule has 0 radical (unpaired) electrons. The lowest BCUT2D eigenvalue weighted by atomic mass is 10.1. The molecule has 1 atom stereocenters. The Bertz CT molecular complexity index is 684. The first kappa shape index (κ1) is 17.4. The summed E-state index contributed by atoms with van der Waals surface area (Å²) in [5.74, 6) is -0.508. The molecule has 5 nitrogen and oxygen atoms in total. The third kappa shape index (κ3) is 5.68. The fraction of sp³-hybridized carbons (Fsp3) is 0.211. The Morgan fingerprint density at radius 1 is 1.04 bits per heavy atom. The molecule has 24 heavy (non-hydrogen) atoms. The van der Waals surface area contributed by atoms with Gasteiger partial charge in [0.1, 0.15) is 6.04 Å². The van der Waals surface area contributed by atoms with Crippen LogP contribution in [0.25, 0.3) is 0 Å². The van der Waals surface area contributed by atoms with E-state index in [4.69, 9.17) is 0 Å². The summed E-state index contributed by atoms with van der Waals surface area (Å²) in [6.45, 7) is 1.75. The zero-order chi connectivity index (χ0) is 17.2. The summed E-state index contributed by atoms with van der Waals surface area (Å²) >= 11 is 0. The molecule has 0 aliphatic rings. The molecule has 1 unspecified atom stereocenters. The number of benzene rings is 2. The maximum Gasteiger partial charge on any atom is 0.262 e. The molecule has 5 heteroatoms. The standard InChI is InChI=1S/C19H21N3O2/c1-2-18(23)21-17(13-15-9-5-3-6-10-15)19(24)22-20-14-16-11-7-4-8-12-16/h3-12,14,17H,2,13H2,1H3,(H,21,23)(H,22,24)/b20-14+. The highest BCUT2D eigenvalue weighted by atomic mass is 16.2. The Morgan fingerprint density at radius 3 is 2.29 bits per heavy atom. The van der Waals surface area contributed by atoms with E-state index < -0.39 is 6.04 Å². The van der Waals surface area contributed by atoms with E-state index in [9.17, 15) is 9.59 Å². The van der Waals surface area contributed by atoms with Gasteiger partial charge in [0.25, 0.3) is 5.91 Å². The molecule has 0 heterocycles. The van der Waals surface area contributed by atoms with E-state index >= 15 is 0 Å². The van der Waals surface area contributed by atoms with Crippen LogP contribution in [0.3, 0.4) is 0 Å². The maximum absolute atomic E-state index is 12.3. The van der Waals surface area contributed by atoms with Crippen LogP contribution in [-0.4, -0.2) is 24.1 Å². The number of carbonyl (C=O) groups excluding carboxylic acids is 2. The lowest BCUT2D eigenvalue weighted by Crippen LogP contribution is -2.46. The highest BCUT2D eigenvalue weighted by Gasteiger charge is 2.20. The van der Waals surface area contributed by atoms with Crippen LogP contribution in [0.5, 0.6) is 0 Å². The molecule has 2 amide bonds. The average Bonchev–Trinajstić information content (AvgIpc) is 2.62. The first-order valence-electron chi connectivity index (χ1n) is 7.90. The van der Waals surface area contributed by atoms with Crippen LogP contribution >= 0.6 is 0 Å². The Kier molecular flexibility index (Phi) is 6.71. The van der Waals surface area contributed by atoms with E-state index in [2.05, 4.69) is 15.8 Å². The predicted octanol–water partition coefficient (Wildman–Crippen LogP) is 2.27. The van der Waals surface area contributed by atoms with Gasteiger partial charge in [-0.05, 0) is 11.1 Å². The molecule has 0 spiro atoms. The van der Waals surface area contributed by atoms with Gasteiger partial charge < -0.3 is 5.32 Å². The molecule has 2 N–H and O–H groups in total. The monoisotopic (exact) mass is 323 g/mol. The minimum Gasteiger partial charge on any atom is -0.344 e. The van der Waals surface area contributed by atoms with E-state index in [0.29, 0.717) is 12.8 Å². The van der Waals surface area contributed by atoms with Crippen molar-refractivity contribution >= 4 is 18.0 Å². The van der Waals surface area contributed by atoms with Gasteiger partial charge in [-0.15, -0.1) is 0 Å². The highest BCUT2D eigenvalue weighted by Crippen LogP contribution is 2.04. The largest absolute Gasteiger partial charge is 0.344 e. The second-order valence-corrected chi connectivity index (χ2v) is 5.31. The summed E-state index contributed by atoms with van der Waals surface area (Å²) < 4.78 is 0. The Balaban J connectivity index is 2.00. The van der Waals surface area contributed by atoms with E-state index in [1.165, 1.54) is 0 Å². The molecule has 0 aliphatic heterocycles. The SMILES string of the molecule is CCC(=O)NC(Cc1ccccc1)C(=O)N/N=C/c1ccccc1. The third-order valence-corrected chi connectivity index (χ3v) is 3.44. The number of nitrogens with one attached hydrogen (secondary N) is 2. The minimum atomic E-state index is -0.659. The molecule has 0 bridgehead atoms. The smallest absolute Gasteiger partial charge is 0.262 e. The molecule has 0 fully saturated rings. The summed E-state index contributed by atoms with van der Waals surface area (Å²) in [5.41, 5.74) is 4.35. The van der Waals surface area contributed by atoms with Gasteiger partial charge in [0.15, 0.2) is 0 Å². The van der Waals surface area contributed by atoms with Gasteiger partial charge in [-0.1, -0.05) is 67.6 Å². The molecule has 2 rings (SSSR count). The van der Waals surface area contributed by atoms with E-state index in [1.807, 2.05) is 60.7 Å². The molecule has 0 aromatic heterocycles. The van der Waals surface area contributed by atoms with Gasteiger partial charge in [-0.3, -0.25) is 9.59 Å². The van der Waals surface area contributed by atoms with Crippen molar-refractivity contribution in [3.05, 3.63) is 71.8 Å². The first-order chi connectivity index (χ1) is 11.7. The zero-order valence-electron chi connectivity index (χ0n) is 13.6. The fourth-order valence-electron chi connectivity index (χ4n) is 2.14. The van der Waals surface area contributed by atoms with Crippen molar-refractivity contribution in [2.75, 3.05) is 0 Å². The van der Waals surface area contributed by atoms with Crippen molar-refractivity contribution in [1.82, 2.24) is 10.7 Å². The first-order valence-corrected chi connectivity index (χ1v) is 7.90. The maximum atomic E-state index is 12.3. The predicted molar refractivity (Wildman–Crippen MR) is 94.5 cm³/mol. The normalized spacial score (nSPS) is 11.9. The van der Waals surface area contributed by atoms with Gasteiger partial charge in [0.05, 0.1) is 6.21 Å².